The maximum absolute atomic E-state index is 12.8. The van der Waals surface area contributed by atoms with E-state index >= 15 is 0 Å². The van der Waals surface area contributed by atoms with E-state index in [4.69, 9.17) is 9.73 Å². The lowest BCUT2D eigenvalue weighted by atomic mass is 9.94. The number of rotatable bonds is 2. The van der Waals surface area contributed by atoms with E-state index in [0.29, 0.717) is 12.2 Å². The molecule has 7 heteroatoms. The summed E-state index contributed by atoms with van der Waals surface area (Å²) in [5, 5.41) is 13.4. The van der Waals surface area contributed by atoms with Crippen LogP contribution < -0.4 is 5.56 Å². The van der Waals surface area contributed by atoms with Crippen molar-refractivity contribution in [1.82, 2.24) is 9.78 Å². The van der Waals surface area contributed by atoms with E-state index in [1.165, 1.54) is 0 Å². The zero-order valence-corrected chi connectivity index (χ0v) is 16.0. The minimum Gasteiger partial charge on any atom is -0.508 e. The molecule has 1 aromatic carbocycles. The summed E-state index contributed by atoms with van der Waals surface area (Å²) >= 11 is 1.57. The van der Waals surface area contributed by atoms with Crippen LogP contribution in [0.1, 0.15) is 56.0 Å². The summed E-state index contributed by atoms with van der Waals surface area (Å²) in [7, 11) is 0. The summed E-state index contributed by atoms with van der Waals surface area (Å²) in [5.41, 5.74) is 1.37. The molecular formula is C19H23N3O3S. The van der Waals surface area contributed by atoms with Gasteiger partial charge in [0.15, 0.2) is 5.82 Å². The number of aliphatic imine (C=N–C) groups is 1. The number of fused-ring (bicyclic) bond motifs is 1. The number of H-pyrrole nitrogens is 1. The van der Waals surface area contributed by atoms with Gasteiger partial charge in [-0.25, -0.2) is 4.99 Å². The van der Waals surface area contributed by atoms with Crippen LogP contribution in [0.25, 0.3) is 0 Å². The van der Waals surface area contributed by atoms with Gasteiger partial charge in [-0.1, -0.05) is 23.9 Å². The molecule has 26 heavy (non-hydrogen) atoms. The van der Waals surface area contributed by atoms with Crippen molar-refractivity contribution in [2.75, 3.05) is 6.61 Å². The number of ether oxygens (including phenoxy) is 1. The molecule has 0 spiro atoms. The van der Waals surface area contributed by atoms with Gasteiger partial charge in [-0.3, -0.25) is 14.6 Å². The molecule has 0 radical (unpaired) electrons. The number of phenols is 1. The van der Waals surface area contributed by atoms with Gasteiger partial charge in [0.05, 0.1) is 27.5 Å². The summed E-state index contributed by atoms with van der Waals surface area (Å²) in [6, 6.07) is 7.20. The molecule has 0 saturated carbocycles. The number of nitrogens with zero attached hydrogens (tertiary/aromatic N) is 2. The smallest absolute Gasteiger partial charge is 0.271 e. The molecule has 6 nitrogen and oxygen atoms in total. The van der Waals surface area contributed by atoms with Crippen LogP contribution in [0.4, 0.5) is 5.82 Å². The van der Waals surface area contributed by atoms with Crippen LogP contribution in [0.5, 0.6) is 5.75 Å². The van der Waals surface area contributed by atoms with Crippen molar-refractivity contribution in [2.24, 2.45) is 4.99 Å². The number of aromatic nitrogens is 2. The summed E-state index contributed by atoms with van der Waals surface area (Å²) in [5.74, 6) is 0.947. The van der Waals surface area contributed by atoms with Crippen molar-refractivity contribution in [3.63, 3.8) is 0 Å². The second-order valence-corrected chi connectivity index (χ2v) is 8.82. The third kappa shape index (κ3) is 3.10. The Balaban J connectivity index is 1.79. The largest absolute Gasteiger partial charge is 0.508 e. The Morgan fingerprint density at radius 3 is 2.77 bits per heavy atom. The topological polar surface area (TPSA) is 79.6 Å². The van der Waals surface area contributed by atoms with Gasteiger partial charge in [0.2, 0.25) is 0 Å². The lowest BCUT2D eigenvalue weighted by Gasteiger charge is -2.36. The van der Waals surface area contributed by atoms with E-state index in [9.17, 15) is 9.90 Å². The highest BCUT2D eigenvalue weighted by atomic mass is 32.2. The van der Waals surface area contributed by atoms with Crippen molar-refractivity contribution in [1.29, 1.82) is 0 Å². The molecule has 1 saturated heterocycles. The van der Waals surface area contributed by atoms with Crippen LogP contribution in [0.2, 0.25) is 0 Å². The van der Waals surface area contributed by atoms with Gasteiger partial charge in [-0.2, -0.15) is 0 Å². The Hall–Kier alpha value is -1.99. The lowest BCUT2D eigenvalue weighted by Crippen LogP contribution is -2.35. The highest BCUT2D eigenvalue weighted by molar-refractivity contribution is 8.14. The molecule has 2 N–H and O–H groups in total. The van der Waals surface area contributed by atoms with Gasteiger partial charge < -0.3 is 9.84 Å². The fourth-order valence-electron chi connectivity index (χ4n) is 3.78. The van der Waals surface area contributed by atoms with Crippen LogP contribution in [-0.2, 0) is 4.74 Å². The summed E-state index contributed by atoms with van der Waals surface area (Å²) in [6.07, 6.45) is 1.68. The average molecular weight is 373 g/mol. The molecule has 0 amide bonds. The molecule has 2 aromatic rings. The second-order valence-electron chi connectivity index (χ2n) is 7.52. The first-order valence-corrected chi connectivity index (χ1v) is 9.71. The molecule has 2 aliphatic heterocycles. The monoisotopic (exact) mass is 373 g/mol. The Bertz CT molecular complexity index is 911. The van der Waals surface area contributed by atoms with Crippen LogP contribution in [0, 0.1) is 0 Å². The van der Waals surface area contributed by atoms with E-state index in [1.54, 1.807) is 23.9 Å². The van der Waals surface area contributed by atoms with Gasteiger partial charge in [0.1, 0.15) is 5.75 Å². The first-order chi connectivity index (χ1) is 12.3. The van der Waals surface area contributed by atoms with E-state index in [1.807, 2.05) is 23.7 Å². The van der Waals surface area contributed by atoms with Gasteiger partial charge in [0, 0.05) is 6.61 Å². The van der Waals surface area contributed by atoms with Crippen LogP contribution in [-0.4, -0.2) is 32.1 Å². The van der Waals surface area contributed by atoms with E-state index in [-0.39, 0.29) is 28.2 Å². The summed E-state index contributed by atoms with van der Waals surface area (Å²) < 4.78 is 7.76. The summed E-state index contributed by atoms with van der Waals surface area (Å²) in [6.45, 7) is 6.80. The first kappa shape index (κ1) is 17.4. The first-order valence-electron chi connectivity index (χ1n) is 8.83. The van der Waals surface area contributed by atoms with Crippen LogP contribution in [0.15, 0.2) is 34.1 Å². The zero-order chi connectivity index (χ0) is 18.5. The number of hydrogen-bond acceptors (Lipinski definition) is 5. The Morgan fingerprint density at radius 2 is 2.08 bits per heavy atom. The number of aromatic hydroxyl groups is 1. The van der Waals surface area contributed by atoms with Gasteiger partial charge in [0.25, 0.3) is 5.56 Å². The minimum absolute atomic E-state index is 0.0916. The van der Waals surface area contributed by atoms with Crippen molar-refractivity contribution >= 4 is 22.6 Å². The third-order valence-electron chi connectivity index (χ3n) is 4.98. The molecule has 2 aliphatic rings. The lowest BCUT2D eigenvalue weighted by molar-refractivity contribution is -0.0705. The maximum atomic E-state index is 12.8. The quantitative estimate of drug-likeness (QED) is 0.837. The van der Waals surface area contributed by atoms with E-state index < -0.39 is 0 Å². The number of hydrogen-bond donors (Lipinski definition) is 2. The number of benzene rings is 1. The molecule has 2 atom stereocenters. The fraction of sp³-hybridized carbons (Fsp3) is 0.474. The standard InChI is InChI=1S/C19H23N3O3S/c1-11-20-17-15(16(26-11)12-4-6-14(23)7-5-12)18(24)21-22(17)13-8-9-25-19(2,3)10-13/h4-7,13,16,23H,8-10H2,1-3H3,(H,21,24)/t13-,16+/m1/s1. The molecule has 3 heterocycles. The molecule has 0 aliphatic carbocycles. The van der Waals surface area contributed by atoms with Gasteiger partial charge >= 0.3 is 0 Å². The fourth-order valence-corrected chi connectivity index (χ4v) is 4.88. The number of aromatic amines is 1. The van der Waals surface area contributed by atoms with Crippen molar-refractivity contribution < 1.29 is 9.84 Å². The SMILES string of the molecule is CC1=Nc2c(c(=O)[nH]n2[C@@H]2CCOC(C)(C)C2)[C@H](c2ccc(O)cc2)S1. The van der Waals surface area contributed by atoms with Gasteiger partial charge in [-0.05, 0) is 51.3 Å². The number of nitrogens with one attached hydrogen (secondary N) is 1. The Labute approximate surface area is 156 Å². The number of phenolic OH excluding ortho intramolecular Hbond substituents is 1. The minimum atomic E-state index is -0.213. The maximum Gasteiger partial charge on any atom is 0.271 e. The van der Waals surface area contributed by atoms with Crippen LogP contribution in [0.3, 0.4) is 0 Å². The van der Waals surface area contributed by atoms with E-state index in [0.717, 1.165) is 29.3 Å². The summed E-state index contributed by atoms with van der Waals surface area (Å²) in [4.78, 5) is 17.5. The normalized spacial score (nSPS) is 24.8. The molecule has 4 rings (SSSR count). The molecule has 1 fully saturated rings. The van der Waals surface area contributed by atoms with E-state index in [2.05, 4.69) is 18.9 Å². The Morgan fingerprint density at radius 1 is 1.35 bits per heavy atom. The average Bonchev–Trinajstić information content (AvgIpc) is 2.91. The second kappa shape index (κ2) is 6.32. The Kier molecular flexibility index (Phi) is 4.23. The zero-order valence-electron chi connectivity index (χ0n) is 15.2. The molecule has 1 aromatic heterocycles. The predicted molar refractivity (Wildman–Crippen MR) is 104 cm³/mol. The van der Waals surface area contributed by atoms with Gasteiger partial charge in [-0.15, -0.1) is 0 Å². The third-order valence-corrected chi connectivity index (χ3v) is 6.16. The molecule has 0 unspecified atom stereocenters. The van der Waals surface area contributed by atoms with Crippen molar-refractivity contribution in [3.05, 3.63) is 45.7 Å². The van der Waals surface area contributed by atoms with Crippen molar-refractivity contribution in [3.8, 4) is 5.75 Å². The van der Waals surface area contributed by atoms with Crippen LogP contribution >= 0.6 is 11.8 Å². The molecular weight excluding hydrogens is 350 g/mol. The molecule has 138 valence electrons. The van der Waals surface area contributed by atoms with Crippen molar-refractivity contribution in [2.45, 2.75) is 50.5 Å². The predicted octanol–water partition coefficient (Wildman–Crippen LogP) is 3.90. The highest BCUT2D eigenvalue weighted by Gasteiger charge is 2.35. The molecule has 0 bridgehead atoms. The highest BCUT2D eigenvalue weighted by Crippen LogP contribution is 2.45. The number of thioether (sulfide) groups is 1.